The maximum absolute atomic E-state index is 12.5. The highest BCUT2D eigenvalue weighted by molar-refractivity contribution is 7.92. The number of hydrogen-bond donors (Lipinski definition) is 2. The minimum absolute atomic E-state index is 0.0729. The second-order valence-corrected chi connectivity index (χ2v) is 7.18. The van der Waals surface area contributed by atoms with Gasteiger partial charge in [0, 0.05) is 12.6 Å². The Morgan fingerprint density at radius 2 is 1.76 bits per heavy atom. The lowest BCUT2D eigenvalue weighted by molar-refractivity contribution is 0.171. The summed E-state index contributed by atoms with van der Waals surface area (Å²) in [5.74, 6) is 1.70. The molecular formula is C16H20N4O4S. The first-order valence-electron chi connectivity index (χ1n) is 8.08. The lowest BCUT2D eigenvalue weighted by Crippen LogP contribution is -2.18. The summed E-state index contributed by atoms with van der Waals surface area (Å²) in [5.41, 5.74) is 0. The number of anilines is 2. The van der Waals surface area contributed by atoms with Gasteiger partial charge in [0.2, 0.25) is 0 Å². The second kappa shape index (κ2) is 7.56. The van der Waals surface area contributed by atoms with Gasteiger partial charge in [0.15, 0.2) is 17.3 Å². The Hall–Kier alpha value is -2.55. The molecular weight excluding hydrogens is 344 g/mol. The van der Waals surface area contributed by atoms with E-state index in [-0.39, 0.29) is 10.7 Å². The molecule has 1 aliphatic heterocycles. The van der Waals surface area contributed by atoms with Gasteiger partial charge in [-0.2, -0.15) is 0 Å². The Morgan fingerprint density at radius 1 is 1.04 bits per heavy atom. The van der Waals surface area contributed by atoms with E-state index in [0.717, 1.165) is 19.4 Å². The average Bonchev–Trinajstić information content (AvgIpc) is 2.63. The van der Waals surface area contributed by atoms with Gasteiger partial charge in [0.05, 0.1) is 4.90 Å². The normalized spacial score (nSPS) is 13.3. The zero-order valence-electron chi connectivity index (χ0n) is 13.9. The van der Waals surface area contributed by atoms with E-state index in [1.54, 1.807) is 18.2 Å². The first-order chi connectivity index (χ1) is 12.1. The van der Waals surface area contributed by atoms with Gasteiger partial charge in [-0.25, -0.2) is 8.42 Å². The van der Waals surface area contributed by atoms with Crippen LogP contribution >= 0.6 is 0 Å². The van der Waals surface area contributed by atoms with Crippen LogP contribution in [0.1, 0.15) is 19.8 Å². The molecule has 1 aliphatic rings. The van der Waals surface area contributed by atoms with Crippen molar-refractivity contribution in [1.82, 2.24) is 10.2 Å². The zero-order valence-corrected chi connectivity index (χ0v) is 14.7. The lowest BCUT2D eigenvalue weighted by Gasteiger charge is -2.18. The molecule has 0 radical (unpaired) electrons. The topological polar surface area (TPSA) is 102 Å². The molecule has 0 bridgehead atoms. The van der Waals surface area contributed by atoms with Gasteiger partial charge in [-0.3, -0.25) is 4.72 Å². The molecule has 2 N–H and O–H groups in total. The lowest BCUT2D eigenvalue weighted by atomic mass is 10.3. The predicted octanol–water partition coefficient (Wildman–Crippen LogP) is 2.26. The van der Waals surface area contributed by atoms with E-state index < -0.39 is 10.0 Å². The van der Waals surface area contributed by atoms with Crippen molar-refractivity contribution in [2.75, 3.05) is 29.8 Å². The number of fused-ring (bicyclic) bond motifs is 1. The van der Waals surface area contributed by atoms with Crippen LogP contribution < -0.4 is 19.5 Å². The van der Waals surface area contributed by atoms with E-state index in [1.807, 2.05) is 0 Å². The van der Waals surface area contributed by atoms with Crippen molar-refractivity contribution >= 4 is 21.7 Å². The van der Waals surface area contributed by atoms with Crippen molar-refractivity contribution in [1.29, 1.82) is 0 Å². The second-order valence-electron chi connectivity index (χ2n) is 5.50. The molecule has 0 atom stereocenters. The van der Waals surface area contributed by atoms with Crippen molar-refractivity contribution in [3.05, 3.63) is 30.3 Å². The molecule has 25 heavy (non-hydrogen) atoms. The zero-order chi connectivity index (χ0) is 17.7. The maximum atomic E-state index is 12.5. The number of rotatable bonds is 7. The quantitative estimate of drug-likeness (QED) is 0.727. The van der Waals surface area contributed by atoms with E-state index in [2.05, 4.69) is 27.2 Å². The minimum atomic E-state index is -3.79. The Bertz CT molecular complexity index is 825. The van der Waals surface area contributed by atoms with Gasteiger partial charge >= 0.3 is 0 Å². The third kappa shape index (κ3) is 4.30. The molecule has 134 valence electrons. The number of benzene rings is 1. The number of ether oxygens (including phenoxy) is 2. The number of unbranched alkanes of at least 4 members (excludes halogenated alkanes) is 1. The molecule has 0 aliphatic carbocycles. The van der Waals surface area contributed by atoms with E-state index in [4.69, 9.17) is 9.47 Å². The van der Waals surface area contributed by atoms with Gasteiger partial charge in [-0.15, -0.1) is 10.2 Å². The third-order valence-electron chi connectivity index (χ3n) is 3.56. The third-order valence-corrected chi connectivity index (χ3v) is 4.92. The van der Waals surface area contributed by atoms with Crippen LogP contribution in [0.4, 0.5) is 11.6 Å². The minimum Gasteiger partial charge on any atom is -0.486 e. The summed E-state index contributed by atoms with van der Waals surface area (Å²) in [4.78, 5) is 0.0729. The monoisotopic (exact) mass is 364 g/mol. The summed E-state index contributed by atoms with van der Waals surface area (Å²) in [7, 11) is -3.79. The van der Waals surface area contributed by atoms with Crippen molar-refractivity contribution < 1.29 is 17.9 Å². The van der Waals surface area contributed by atoms with Crippen LogP contribution in [0, 0.1) is 0 Å². The summed E-state index contributed by atoms with van der Waals surface area (Å²) < 4.78 is 38.2. The molecule has 8 nitrogen and oxygen atoms in total. The van der Waals surface area contributed by atoms with Gasteiger partial charge in [0.25, 0.3) is 10.0 Å². The fourth-order valence-corrected chi connectivity index (χ4v) is 3.27. The SMILES string of the molecule is CCCCNc1ccc(NS(=O)(=O)c2ccc3c(c2)OCCO3)nn1. The highest BCUT2D eigenvalue weighted by atomic mass is 32.2. The van der Waals surface area contributed by atoms with Crippen LogP contribution in [0.3, 0.4) is 0 Å². The van der Waals surface area contributed by atoms with Gasteiger partial charge in [0.1, 0.15) is 19.0 Å². The number of sulfonamides is 1. The largest absolute Gasteiger partial charge is 0.486 e. The maximum Gasteiger partial charge on any atom is 0.263 e. The molecule has 0 fully saturated rings. The van der Waals surface area contributed by atoms with Crippen molar-refractivity contribution in [3.63, 3.8) is 0 Å². The van der Waals surface area contributed by atoms with Crippen LogP contribution in [0.5, 0.6) is 11.5 Å². The van der Waals surface area contributed by atoms with Crippen molar-refractivity contribution in [2.24, 2.45) is 0 Å². The van der Waals surface area contributed by atoms with E-state index >= 15 is 0 Å². The van der Waals surface area contributed by atoms with Gasteiger partial charge < -0.3 is 14.8 Å². The van der Waals surface area contributed by atoms with Crippen LogP contribution in [-0.2, 0) is 10.0 Å². The Kier molecular flexibility index (Phi) is 5.22. The van der Waals surface area contributed by atoms with Crippen LogP contribution in [0.2, 0.25) is 0 Å². The molecule has 0 unspecified atom stereocenters. The molecule has 1 aromatic heterocycles. The summed E-state index contributed by atoms with van der Waals surface area (Å²) in [6.45, 7) is 3.74. The summed E-state index contributed by atoms with van der Waals surface area (Å²) in [6.07, 6.45) is 2.11. The first kappa shape index (κ1) is 17.3. The predicted molar refractivity (Wildman–Crippen MR) is 93.7 cm³/mol. The highest BCUT2D eigenvalue weighted by Gasteiger charge is 2.20. The molecule has 0 saturated heterocycles. The molecule has 0 amide bonds. The fraction of sp³-hybridized carbons (Fsp3) is 0.375. The Morgan fingerprint density at radius 3 is 2.48 bits per heavy atom. The number of nitrogens with zero attached hydrogens (tertiary/aromatic N) is 2. The number of aromatic nitrogens is 2. The first-order valence-corrected chi connectivity index (χ1v) is 9.57. The molecule has 1 aromatic carbocycles. The fourth-order valence-electron chi connectivity index (χ4n) is 2.26. The molecule has 9 heteroatoms. The van der Waals surface area contributed by atoms with E-state index in [1.165, 1.54) is 12.1 Å². The van der Waals surface area contributed by atoms with E-state index in [9.17, 15) is 8.42 Å². The summed E-state index contributed by atoms with van der Waals surface area (Å²) in [5, 5.41) is 11.0. The van der Waals surface area contributed by atoms with Gasteiger partial charge in [-0.1, -0.05) is 13.3 Å². The average molecular weight is 364 g/mol. The standard InChI is InChI=1S/C16H20N4O4S/c1-2-3-8-17-15-6-7-16(19-18-15)20-25(21,22)12-4-5-13-14(11-12)24-10-9-23-13/h4-7,11H,2-3,8-10H2,1H3,(H,17,18)(H,19,20). The van der Waals surface area contributed by atoms with Crippen LogP contribution in [0.25, 0.3) is 0 Å². The highest BCUT2D eigenvalue weighted by Crippen LogP contribution is 2.32. The van der Waals surface area contributed by atoms with Gasteiger partial charge in [-0.05, 0) is 30.7 Å². The Labute approximate surface area is 146 Å². The molecule has 2 aromatic rings. The van der Waals surface area contributed by atoms with Crippen molar-refractivity contribution in [3.8, 4) is 11.5 Å². The molecule has 2 heterocycles. The van der Waals surface area contributed by atoms with E-state index in [0.29, 0.717) is 30.5 Å². The Balaban J connectivity index is 1.71. The number of nitrogens with one attached hydrogen (secondary N) is 2. The van der Waals surface area contributed by atoms with Crippen molar-refractivity contribution in [2.45, 2.75) is 24.7 Å². The molecule has 0 spiro atoms. The summed E-state index contributed by atoms with van der Waals surface area (Å²) in [6, 6.07) is 7.73. The summed E-state index contributed by atoms with van der Waals surface area (Å²) >= 11 is 0. The molecule has 0 saturated carbocycles. The van der Waals surface area contributed by atoms with Crippen LogP contribution in [0.15, 0.2) is 35.2 Å². The number of hydrogen-bond acceptors (Lipinski definition) is 7. The molecule has 3 rings (SSSR count). The smallest absolute Gasteiger partial charge is 0.263 e. The van der Waals surface area contributed by atoms with Crippen LogP contribution in [-0.4, -0.2) is 38.4 Å².